The molecule has 164 valence electrons. The Balaban J connectivity index is 1.43. The van der Waals surface area contributed by atoms with Crippen LogP contribution >= 0.6 is 0 Å². The van der Waals surface area contributed by atoms with Crippen LogP contribution in [0.2, 0.25) is 0 Å². The molecule has 9 heteroatoms. The number of likely N-dealkylation sites (tertiary alicyclic amines) is 1. The maximum absolute atomic E-state index is 12.8. The molecular weight excluding hydrogens is 376 g/mol. The molecule has 0 N–H and O–H groups in total. The lowest BCUT2D eigenvalue weighted by molar-refractivity contribution is -0.157. The first-order valence-electron chi connectivity index (χ1n) is 10.8. The smallest absolute Gasteiger partial charge is 0.328 e. The monoisotopic (exact) mass is 410 g/mol. The first kappa shape index (κ1) is 22.0. The molecule has 2 amide bonds. The maximum Gasteiger partial charge on any atom is 0.328 e. The molecule has 3 aliphatic rings. The molecule has 3 aliphatic heterocycles. The lowest BCUT2D eigenvalue weighted by atomic mass is 10.0. The number of morpholine rings is 1. The molecule has 3 fully saturated rings. The molecule has 3 rings (SSSR count). The van der Waals surface area contributed by atoms with Crippen LogP contribution in [-0.4, -0.2) is 122 Å². The number of hydrogen-bond donors (Lipinski definition) is 0. The van der Waals surface area contributed by atoms with Gasteiger partial charge in [0, 0.05) is 45.8 Å². The van der Waals surface area contributed by atoms with E-state index in [2.05, 4.69) is 9.80 Å². The summed E-state index contributed by atoms with van der Waals surface area (Å²) < 4.78 is 10.5. The van der Waals surface area contributed by atoms with Crippen molar-refractivity contribution in [3.63, 3.8) is 0 Å². The zero-order valence-electron chi connectivity index (χ0n) is 17.5. The van der Waals surface area contributed by atoms with E-state index in [0.717, 1.165) is 25.9 Å². The summed E-state index contributed by atoms with van der Waals surface area (Å²) in [7, 11) is 0. The van der Waals surface area contributed by atoms with Gasteiger partial charge in [-0.05, 0) is 26.2 Å². The molecule has 29 heavy (non-hydrogen) atoms. The van der Waals surface area contributed by atoms with E-state index in [1.165, 1.54) is 0 Å². The van der Waals surface area contributed by atoms with Crippen molar-refractivity contribution in [3.8, 4) is 0 Å². The fraction of sp³-hybridized carbons (Fsp3) is 0.850. The van der Waals surface area contributed by atoms with Gasteiger partial charge in [0.15, 0.2) is 0 Å². The zero-order chi connectivity index (χ0) is 20.6. The number of piperidine rings is 1. The van der Waals surface area contributed by atoms with Crippen LogP contribution in [0.25, 0.3) is 0 Å². The first-order chi connectivity index (χ1) is 14.1. The molecule has 0 aromatic carbocycles. The van der Waals surface area contributed by atoms with Crippen LogP contribution in [0.5, 0.6) is 0 Å². The summed E-state index contributed by atoms with van der Waals surface area (Å²) in [5, 5.41) is 0. The van der Waals surface area contributed by atoms with Gasteiger partial charge in [-0.25, -0.2) is 4.79 Å². The summed E-state index contributed by atoms with van der Waals surface area (Å²) >= 11 is 0. The van der Waals surface area contributed by atoms with E-state index in [9.17, 15) is 14.4 Å². The van der Waals surface area contributed by atoms with Crippen molar-refractivity contribution in [3.05, 3.63) is 0 Å². The highest BCUT2D eigenvalue weighted by Gasteiger charge is 2.34. The van der Waals surface area contributed by atoms with Crippen molar-refractivity contribution in [2.24, 2.45) is 0 Å². The average Bonchev–Trinajstić information content (AvgIpc) is 2.75. The van der Waals surface area contributed by atoms with Gasteiger partial charge < -0.3 is 19.3 Å². The van der Waals surface area contributed by atoms with E-state index in [-0.39, 0.29) is 17.8 Å². The van der Waals surface area contributed by atoms with Gasteiger partial charge in [-0.1, -0.05) is 0 Å². The van der Waals surface area contributed by atoms with Gasteiger partial charge in [-0.3, -0.25) is 19.4 Å². The largest absolute Gasteiger partial charge is 0.464 e. The fourth-order valence-electron chi connectivity index (χ4n) is 4.20. The number of hydrogen-bond acceptors (Lipinski definition) is 7. The summed E-state index contributed by atoms with van der Waals surface area (Å²) in [4.78, 5) is 45.4. The van der Waals surface area contributed by atoms with E-state index >= 15 is 0 Å². The second kappa shape index (κ2) is 10.9. The van der Waals surface area contributed by atoms with Crippen molar-refractivity contribution in [2.45, 2.75) is 32.2 Å². The lowest BCUT2D eigenvalue weighted by Crippen LogP contribution is -2.56. The quantitative estimate of drug-likeness (QED) is 0.541. The fourth-order valence-corrected chi connectivity index (χ4v) is 4.20. The summed E-state index contributed by atoms with van der Waals surface area (Å²) in [6, 6.07) is -0.451. The van der Waals surface area contributed by atoms with Crippen LogP contribution in [0.3, 0.4) is 0 Å². The molecule has 3 saturated heterocycles. The van der Waals surface area contributed by atoms with Gasteiger partial charge in [0.1, 0.15) is 6.04 Å². The highest BCUT2D eigenvalue weighted by Crippen LogP contribution is 2.19. The normalized spacial score (nSPS) is 24.4. The van der Waals surface area contributed by atoms with Gasteiger partial charge >= 0.3 is 5.97 Å². The van der Waals surface area contributed by atoms with E-state index in [4.69, 9.17) is 9.47 Å². The SMILES string of the molecule is CCOC(=O)C1CCCCN1C(=O)CN1CCN(C(=O)CN2CCOCC2)CC1. The second-order valence-electron chi connectivity index (χ2n) is 7.90. The number of esters is 1. The van der Waals surface area contributed by atoms with Crippen LogP contribution in [0.4, 0.5) is 0 Å². The summed E-state index contributed by atoms with van der Waals surface area (Å²) in [6.07, 6.45) is 2.54. The van der Waals surface area contributed by atoms with E-state index in [1.54, 1.807) is 11.8 Å². The molecule has 0 saturated carbocycles. The molecule has 1 unspecified atom stereocenters. The summed E-state index contributed by atoms with van der Waals surface area (Å²) in [6.45, 7) is 9.07. The topological polar surface area (TPSA) is 82.6 Å². The molecule has 0 aromatic heterocycles. The third-order valence-corrected chi connectivity index (χ3v) is 5.93. The number of nitrogens with zero attached hydrogens (tertiary/aromatic N) is 4. The van der Waals surface area contributed by atoms with Crippen molar-refractivity contribution < 1.29 is 23.9 Å². The van der Waals surface area contributed by atoms with Gasteiger partial charge in [-0.2, -0.15) is 0 Å². The van der Waals surface area contributed by atoms with Gasteiger partial charge in [0.05, 0.1) is 32.9 Å². The van der Waals surface area contributed by atoms with Crippen molar-refractivity contribution in [1.82, 2.24) is 19.6 Å². The predicted molar refractivity (Wildman–Crippen MR) is 106 cm³/mol. The van der Waals surface area contributed by atoms with Crippen molar-refractivity contribution in [1.29, 1.82) is 0 Å². The van der Waals surface area contributed by atoms with E-state index < -0.39 is 6.04 Å². The Morgan fingerprint density at radius 3 is 2.21 bits per heavy atom. The minimum absolute atomic E-state index is 0.0177. The number of rotatable bonds is 6. The van der Waals surface area contributed by atoms with Gasteiger partial charge in [0.25, 0.3) is 0 Å². The predicted octanol–water partition coefficient (Wildman–Crippen LogP) is -0.593. The molecule has 0 aliphatic carbocycles. The first-order valence-corrected chi connectivity index (χ1v) is 10.8. The molecule has 3 heterocycles. The lowest BCUT2D eigenvalue weighted by Gasteiger charge is -2.38. The Labute approximate surface area is 172 Å². The van der Waals surface area contributed by atoms with Gasteiger partial charge in [-0.15, -0.1) is 0 Å². The van der Waals surface area contributed by atoms with E-state index in [0.29, 0.717) is 72.1 Å². The summed E-state index contributed by atoms with van der Waals surface area (Å²) in [5.41, 5.74) is 0. The molecule has 0 spiro atoms. The molecule has 0 aromatic rings. The average molecular weight is 411 g/mol. The number of amides is 2. The van der Waals surface area contributed by atoms with Crippen LogP contribution in [0.1, 0.15) is 26.2 Å². The standard InChI is InChI=1S/C20H34N4O5/c1-2-29-20(27)17-5-3-4-6-24(17)19(26)16-21-7-9-23(10-8-21)18(25)15-22-11-13-28-14-12-22/h17H,2-16H2,1H3. The Kier molecular flexibility index (Phi) is 8.26. The Bertz CT molecular complexity index is 573. The molecule has 0 bridgehead atoms. The number of carbonyl (C=O) groups excluding carboxylic acids is 3. The van der Waals surface area contributed by atoms with Crippen molar-refractivity contribution in [2.75, 3.05) is 78.7 Å². The summed E-state index contributed by atoms with van der Waals surface area (Å²) in [5.74, 6) is -0.161. The molecule has 9 nitrogen and oxygen atoms in total. The third-order valence-electron chi connectivity index (χ3n) is 5.93. The zero-order valence-corrected chi connectivity index (χ0v) is 17.5. The van der Waals surface area contributed by atoms with Gasteiger partial charge in [0.2, 0.25) is 11.8 Å². The third kappa shape index (κ3) is 6.13. The minimum Gasteiger partial charge on any atom is -0.464 e. The maximum atomic E-state index is 12.8. The number of carbonyl (C=O) groups is 3. The Morgan fingerprint density at radius 2 is 1.52 bits per heavy atom. The van der Waals surface area contributed by atoms with Crippen LogP contribution in [-0.2, 0) is 23.9 Å². The molecule has 0 radical (unpaired) electrons. The minimum atomic E-state index is -0.451. The van der Waals surface area contributed by atoms with Crippen LogP contribution in [0.15, 0.2) is 0 Å². The number of ether oxygens (including phenoxy) is 2. The van der Waals surface area contributed by atoms with E-state index in [1.807, 2.05) is 4.90 Å². The van der Waals surface area contributed by atoms with Crippen molar-refractivity contribution >= 4 is 17.8 Å². The molecule has 1 atom stereocenters. The highest BCUT2D eigenvalue weighted by atomic mass is 16.5. The Morgan fingerprint density at radius 1 is 0.862 bits per heavy atom. The number of piperazine rings is 1. The second-order valence-corrected chi connectivity index (χ2v) is 7.90. The Hall–Kier alpha value is -1.71. The highest BCUT2D eigenvalue weighted by molar-refractivity contribution is 5.86. The van der Waals surface area contributed by atoms with Crippen LogP contribution in [0, 0.1) is 0 Å². The molecular formula is C20H34N4O5. The van der Waals surface area contributed by atoms with Crippen LogP contribution < -0.4 is 0 Å².